The molecule has 0 atom stereocenters. The zero-order valence-electron chi connectivity index (χ0n) is 8.98. The fourth-order valence-corrected chi connectivity index (χ4v) is 2.01. The average molecular weight is 342 g/mol. The summed E-state index contributed by atoms with van der Waals surface area (Å²) in [5.41, 5.74) is 6.52. The van der Waals surface area contributed by atoms with Crippen molar-refractivity contribution in [3.63, 3.8) is 0 Å². The van der Waals surface area contributed by atoms with Crippen LogP contribution >= 0.6 is 22.6 Å². The number of nitrogens with zero attached hydrogens (tertiary/aromatic N) is 2. The molecule has 2 rings (SSSR count). The van der Waals surface area contributed by atoms with Gasteiger partial charge in [0.05, 0.1) is 9.09 Å². The number of halogens is 1. The highest BCUT2D eigenvalue weighted by Gasteiger charge is 2.08. The minimum absolute atomic E-state index is 0.204. The zero-order valence-corrected chi connectivity index (χ0v) is 11.1. The second kappa shape index (κ2) is 5.37. The van der Waals surface area contributed by atoms with E-state index in [2.05, 4.69) is 37.9 Å². The molecule has 1 amide bonds. The van der Waals surface area contributed by atoms with E-state index in [0.717, 1.165) is 14.5 Å². The van der Waals surface area contributed by atoms with Gasteiger partial charge in [0, 0.05) is 30.9 Å². The second-order valence-electron chi connectivity index (χ2n) is 3.43. The quantitative estimate of drug-likeness (QED) is 0.813. The van der Waals surface area contributed by atoms with E-state index < -0.39 is 0 Å². The molecule has 0 radical (unpaired) electrons. The summed E-state index contributed by atoms with van der Waals surface area (Å²) in [5, 5.41) is 3.61. The normalized spacial score (nSPS) is 10.5. The van der Waals surface area contributed by atoms with E-state index in [-0.39, 0.29) is 5.91 Å². The lowest BCUT2D eigenvalue weighted by molar-refractivity contribution is 0.0950. The van der Waals surface area contributed by atoms with Crippen LogP contribution in [-0.4, -0.2) is 29.0 Å². The molecule has 2 heterocycles. The lowest BCUT2D eigenvalue weighted by Crippen LogP contribution is -2.29. The molecule has 0 saturated carbocycles. The van der Waals surface area contributed by atoms with Crippen LogP contribution in [0.3, 0.4) is 0 Å². The summed E-state index contributed by atoms with van der Waals surface area (Å²) in [6.07, 6.45) is 3.45. The van der Waals surface area contributed by atoms with Crippen molar-refractivity contribution in [2.75, 3.05) is 13.1 Å². The minimum Gasteiger partial charge on any atom is -0.349 e. The number of fused-ring (bicyclic) bond motifs is 1. The first kappa shape index (κ1) is 12.2. The highest BCUT2D eigenvalue weighted by atomic mass is 127. The predicted molar refractivity (Wildman–Crippen MR) is 73.6 cm³/mol. The van der Waals surface area contributed by atoms with Gasteiger partial charge in [0.1, 0.15) is 5.69 Å². The van der Waals surface area contributed by atoms with Crippen LogP contribution in [0.1, 0.15) is 10.5 Å². The third kappa shape index (κ3) is 2.70. The molecule has 0 fully saturated rings. The Hall–Kier alpha value is -1.28. The van der Waals surface area contributed by atoms with Crippen LogP contribution in [0.4, 0.5) is 0 Å². The fourth-order valence-electron chi connectivity index (χ4n) is 1.41. The SMILES string of the molecule is NCCNC(=O)c1ccc2cncc(I)c2n1. The van der Waals surface area contributed by atoms with Crippen molar-refractivity contribution in [1.82, 2.24) is 15.3 Å². The van der Waals surface area contributed by atoms with E-state index in [1.54, 1.807) is 18.5 Å². The van der Waals surface area contributed by atoms with E-state index in [1.165, 1.54) is 0 Å². The Labute approximate surface area is 112 Å². The van der Waals surface area contributed by atoms with E-state index in [4.69, 9.17) is 5.73 Å². The van der Waals surface area contributed by atoms with E-state index in [1.807, 2.05) is 6.07 Å². The standard InChI is InChI=1S/C11H11IN4O/c12-8-6-14-5-7-1-2-9(16-10(7)8)11(17)15-4-3-13/h1-2,5-6H,3-4,13H2,(H,15,17). The van der Waals surface area contributed by atoms with Crippen LogP contribution in [0.5, 0.6) is 0 Å². The summed E-state index contributed by atoms with van der Waals surface area (Å²) < 4.78 is 0.925. The number of aromatic nitrogens is 2. The molecule has 0 aliphatic heterocycles. The Bertz CT molecular complexity index is 558. The number of amides is 1. The molecule has 6 heteroatoms. The fraction of sp³-hybridized carbons (Fsp3) is 0.182. The smallest absolute Gasteiger partial charge is 0.269 e. The molecule has 2 aromatic heterocycles. The van der Waals surface area contributed by atoms with Crippen LogP contribution in [0.25, 0.3) is 10.9 Å². The van der Waals surface area contributed by atoms with Crippen molar-refractivity contribution in [3.8, 4) is 0 Å². The predicted octanol–water partition coefficient (Wildman–Crippen LogP) is 0.923. The summed E-state index contributed by atoms with van der Waals surface area (Å²) in [6, 6.07) is 3.53. The van der Waals surface area contributed by atoms with Gasteiger partial charge in [-0.2, -0.15) is 0 Å². The van der Waals surface area contributed by atoms with Gasteiger partial charge >= 0.3 is 0 Å². The van der Waals surface area contributed by atoms with Gasteiger partial charge in [-0.15, -0.1) is 0 Å². The molecular formula is C11H11IN4O. The number of nitrogens with one attached hydrogen (secondary N) is 1. The van der Waals surface area contributed by atoms with Crippen LogP contribution < -0.4 is 11.1 Å². The van der Waals surface area contributed by atoms with Gasteiger partial charge in [0.25, 0.3) is 5.91 Å². The molecule has 0 bridgehead atoms. The third-order valence-corrected chi connectivity index (χ3v) is 3.01. The van der Waals surface area contributed by atoms with Crippen LogP contribution in [-0.2, 0) is 0 Å². The van der Waals surface area contributed by atoms with E-state index >= 15 is 0 Å². The first-order chi connectivity index (χ1) is 8.22. The summed E-state index contributed by atoms with van der Waals surface area (Å²) in [7, 11) is 0. The maximum Gasteiger partial charge on any atom is 0.269 e. The first-order valence-corrected chi connectivity index (χ1v) is 6.19. The van der Waals surface area contributed by atoms with Crippen LogP contribution in [0.2, 0.25) is 0 Å². The number of hydrogen-bond donors (Lipinski definition) is 2. The van der Waals surface area contributed by atoms with Crippen LogP contribution in [0.15, 0.2) is 24.5 Å². The van der Waals surface area contributed by atoms with Crippen molar-refractivity contribution >= 4 is 39.4 Å². The minimum atomic E-state index is -0.204. The monoisotopic (exact) mass is 342 g/mol. The molecule has 0 spiro atoms. The molecule has 17 heavy (non-hydrogen) atoms. The number of carbonyl (C=O) groups is 1. The zero-order chi connectivity index (χ0) is 12.3. The third-order valence-electron chi connectivity index (χ3n) is 2.22. The maximum absolute atomic E-state index is 11.7. The average Bonchev–Trinajstić information content (AvgIpc) is 2.36. The first-order valence-electron chi connectivity index (χ1n) is 5.11. The van der Waals surface area contributed by atoms with Gasteiger partial charge in [0.2, 0.25) is 0 Å². The molecule has 0 aliphatic rings. The topological polar surface area (TPSA) is 80.9 Å². The Morgan fingerprint density at radius 3 is 3.00 bits per heavy atom. The second-order valence-corrected chi connectivity index (χ2v) is 4.60. The van der Waals surface area contributed by atoms with Crippen molar-refractivity contribution in [2.24, 2.45) is 5.73 Å². The van der Waals surface area contributed by atoms with Crippen molar-refractivity contribution in [3.05, 3.63) is 33.8 Å². The molecule has 0 unspecified atom stereocenters. The Kier molecular flexibility index (Phi) is 3.85. The van der Waals surface area contributed by atoms with E-state index in [0.29, 0.717) is 18.8 Å². The molecule has 0 saturated heterocycles. The highest BCUT2D eigenvalue weighted by molar-refractivity contribution is 14.1. The summed E-state index contributed by atoms with van der Waals surface area (Å²) in [6.45, 7) is 0.868. The Balaban J connectivity index is 2.37. The number of carbonyl (C=O) groups excluding carboxylic acids is 1. The van der Waals surface area contributed by atoms with Gasteiger partial charge in [-0.3, -0.25) is 9.78 Å². The number of rotatable bonds is 3. The van der Waals surface area contributed by atoms with Crippen molar-refractivity contribution < 1.29 is 4.79 Å². The molecule has 0 aromatic carbocycles. The molecule has 5 nitrogen and oxygen atoms in total. The number of hydrogen-bond acceptors (Lipinski definition) is 4. The number of pyridine rings is 2. The number of nitrogens with two attached hydrogens (primary N) is 1. The van der Waals surface area contributed by atoms with E-state index in [9.17, 15) is 4.79 Å². The highest BCUT2D eigenvalue weighted by Crippen LogP contribution is 2.17. The Morgan fingerprint density at radius 2 is 2.24 bits per heavy atom. The largest absolute Gasteiger partial charge is 0.349 e. The molecule has 88 valence electrons. The van der Waals surface area contributed by atoms with Gasteiger partial charge in [-0.25, -0.2) is 4.98 Å². The molecule has 3 N–H and O–H groups in total. The lowest BCUT2D eigenvalue weighted by Gasteiger charge is -2.04. The van der Waals surface area contributed by atoms with Gasteiger partial charge in [-0.1, -0.05) is 0 Å². The summed E-state index contributed by atoms with van der Waals surface area (Å²) in [5.74, 6) is -0.204. The maximum atomic E-state index is 11.7. The van der Waals surface area contributed by atoms with Crippen molar-refractivity contribution in [2.45, 2.75) is 0 Å². The Morgan fingerprint density at radius 1 is 1.41 bits per heavy atom. The molecule has 0 aliphatic carbocycles. The molecular weight excluding hydrogens is 331 g/mol. The summed E-state index contributed by atoms with van der Waals surface area (Å²) in [4.78, 5) is 20.1. The lowest BCUT2D eigenvalue weighted by atomic mass is 10.2. The van der Waals surface area contributed by atoms with Crippen LogP contribution in [0, 0.1) is 3.57 Å². The van der Waals surface area contributed by atoms with Gasteiger partial charge in [0.15, 0.2) is 0 Å². The van der Waals surface area contributed by atoms with Gasteiger partial charge < -0.3 is 11.1 Å². The van der Waals surface area contributed by atoms with Gasteiger partial charge in [-0.05, 0) is 34.7 Å². The molecule has 2 aromatic rings. The summed E-state index contributed by atoms with van der Waals surface area (Å²) >= 11 is 2.15. The van der Waals surface area contributed by atoms with Crippen molar-refractivity contribution in [1.29, 1.82) is 0 Å².